The van der Waals surface area contributed by atoms with E-state index < -0.39 is 47.7 Å². The summed E-state index contributed by atoms with van der Waals surface area (Å²) in [4.78, 5) is 25.2. The molecule has 5 rings (SSSR count). The van der Waals surface area contributed by atoms with Crippen LogP contribution < -0.4 is 0 Å². The molecular formula is C27H42O10. The van der Waals surface area contributed by atoms with E-state index in [1.165, 1.54) is 0 Å². The van der Waals surface area contributed by atoms with Crippen molar-refractivity contribution in [3.63, 3.8) is 0 Å². The molecule has 0 amide bonds. The number of aliphatic hydroxyl groups excluding tert-OH is 4. The Labute approximate surface area is 217 Å². The average Bonchev–Trinajstić information content (AvgIpc) is 3.09. The summed E-state index contributed by atoms with van der Waals surface area (Å²) in [7, 11) is 0. The summed E-state index contributed by atoms with van der Waals surface area (Å²) in [5.41, 5.74) is -1.74. The van der Waals surface area contributed by atoms with Gasteiger partial charge < -0.3 is 40.1 Å². The summed E-state index contributed by atoms with van der Waals surface area (Å²) in [6.07, 6.45) is -2.58. The van der Waals surface area contributed by atoms with Crippen LogP contribution in [0.5, 0.6) is 0 Å². The highest BCUT2D eigenvalue weighted by atomic mass is 16.7. The smallest absolute Gasteiger partial charge is 0.335 e. The highest BCUT2D eigenvalue weighted by Crippen LogP contribution is 2.67. The maximum absolute atomic E-state index is 13.8. The molecule has 4 saturated carbocycles. The minimum atomic E-state index is -1.76. The first-order chi connectivity index (χ1) is 17.4. The van der Waals surface area contributed by atoms with E-state index in [1.54, 1.807) is 0 Å². The predicted molar refractivity (Wildman–Crippen MR) is 128 cm³/mol. The number of carboxylic acid groups (broad SMARTS) is 1. The van der Waals surface area contributed by atoms with Gasteiger partial charge in [0.2, 0.25) is 0 Å². The third-order valence-electron chi connectivity index (χ3n) is 11.3. The zero-order valence-electron chi connectivity index (χ0n) is 21.7. The van der Waals surface area contributed by atoms with Crippen molar-refractivity contribution in [2.24, 2.45) is 34.5 Å². The molecule has 0 spiro atoms. The lowest BCUT2D eigenvalue weighted by atomic mass is 9.44. The Kier molecular flexibility index (Phi) is 7.04. The number of carboxylic acids is 1. The van der Waals surface area contributed by atoms with Gasteiger partial charge in [-0.1, -0.05) is 13.8 Å². The molecule has 0 aromatic rings. The van der Waals surface area contributed by atoms with E-state index in [0.29, 0.717) is 32.1 Å². The van der Waals surface area contributed by atoms with Gasteiger partial charge in [-0.05, 0) is 74.5 Å². The van der Waals surface area contributed by atoms with Crippen LogP contribution in [0, 0.1) is 34.5 Å². The van der Waals surface area contributed by atoms with Gasteiger partial charge in [0.25, 0.3) is 0 Å². The Bertz CT molecular complexity index is 912. The number of hydrogen-bond donors (Lipinski definition) is 6. The topological polar surface area (TPSA) is 174 Å². The Morgan fingerprint density at radius 2 is 1.78 bits per heavy atom. The van der Waals surface area contributed by atoms with E-state index in [9.17, 15) is 40.2 Å². The van der Waals surface area contributed by atoms with Crippen LogP contribution in [0.1, 0.15) is 71.6 Å². The molecule has 1 heterocycles. The number of ketones is 1. The monoisotopic (exact) mass is 526 g/mol. The summed E-state index contributed by atoms with van der Waals surface area (Å²) in [6, 6.07) is 0. The van der Waals surface area contributed by atoms with Gasteiger partial charge in [0.15, 0.2) is 12.4 Å². The van der Waals surface area contributed by atoms with E-state index in [2.05, 4.69) is 6.92 Å². The summed E-state index contributed by atoms with van der Waals surface area (Å²) in [6.45, 7) is 4.15. The van der Waals surface area contributed by atoms with Gasteiger partial charge in [0, 0.05) is 24.4 Å². The second kappa shape index (κ2) is 9.50. The zero-order chi connectivity index (χ0) is 26.9. The van der Waals surface area contributed by atoms with Crippen LogP contribution in [0.4, 0.5) is 0 Å². The van der Waals surface area contributed by atoms with Crippen molar-refractivity contribution < 1.29 is 49.7 Å². The maximum atomic E-state index is 13.8. The molecule has 210 valence electrons. The molecule has 0 aromatic heterocycles. The summed E-state index contributed by atoms with van der Waals surface area (Å²) in [5.74, 6) is -0.681. The summed E-state index contributed by atoms with van der Waals surface area (Å²) >= 11 is 0. The van der Waals surface area contributed by atoms with Gasteiger partial charge in [-0.3, -0.25) is 4.79 Å². The largest absolute Gasteiger partial charge is 0.479 e. The lowest BCUT2D eigenvalue weighted by Gasteiger charge is -2.61. The van der Waals surface area contributed by atoms with Crippen molar-refractivity contribution in [3.8, 4) is 0 Å². The van der Waals surface area contributed by atoms with Gasteiger partial charge in [-0.2, -0.15) is 0 Å². The molecule has 37 heavy (non-hydrogen) atoms. The fourth-order valence-electron chi connectivity index (χ4n) is 9.20. The number of hydrogen-bond acceptors (Lipinski definition) is 9. The molecule has 4 aliphatic carbocycles. The molecule has 0 unspecified atom stereocenters. The first kappa shape index (κ1) is 27.4. The fourth-order valence-corrected chi connectivity index (χ4v) is 9.20. The second-order valence-corrected chi connectivity index (χ2v) is 12.9. The SMILES string of the molecule is C[C@]12CC[C@@H](O[C@@H]3O[C@H](C(=O)O)[C@@H](O)[C@H](O)[C@H]3O)C[C@H]1CC[C@@H]1[C@@H]2C(=O)C[C@@]2(C)[C@H]1CC[C@]2(O)CCO. The Hall–Kier alpha value is -1.14. The lowest BCUT2D eigenvalue weighted by molar-refractivity contribution is -0.309. The number of carbonyl (C=O) groups excluding carboxylic acids is 1. The molecule has 0 bridgehead atoms. The number of aliphatic hydroxyl groups is 5. The van der Waals surface area contributed by atoms with Crippen LogP contribution >= 0.6 is 0 Å². The van der Waals surface area contributed by atoms with Crippen LogP contribution in [0.3, 0.4) is 0 Å². The fraction of sp³-hybridized carbons (Fsp3) is 0.926. The number of aliphatic carboxylic acids is 1. The van der Waals surface area contributed by atoms with E-state index in [4.69, 9.17) is 9.47 Å². The molecule has 5 fully saturated rings. The van der Waals surface area contributed by atoms with Crippen molar-refractivity contribution >= 4 is 11.8 Å². The molecule has 1 saturated heterocycles. The van der Waals surface area contributed by atoms with Crippen LogP contribution in [0.15, 0.2) is 0 Å². The molecule has 0 radical (unpaired) electrons. The predicted octanol–water partition coefficient (Wildman–Crippen LogP) is 0.599. The first-order valence-corrected chi connectivity index (χ1v) is 13.8. The number of Topliss-reactive ketones (excluding diaryl/α,β-unsaturated/α-hetero) is 1. The molecule has 1 aliphatic heterocycles. The van der Waals surface area contributed by atoms with Crippen molar-refractivity contribution in [1.29, 1.82) is 0 Å². The molecule has 0 aromatic carbocycles. The summed E-state index contributed by atoms with van der Waals surface area (Å²) in [5, 5.41) is 60.7. The van der Waals surface area contributed by atoms with Gasteiger partial charge in [0.05, 0.1) is 11.7 Å². The van der Waals surface area contributed by atoms with E-state index >= 15 is 0 Å². The van der Waals surface area contributed by atoms with Crippen molar-refractivity contribution in [2.45, 2.75) is 114 Å². The number of rotatable bonds is 5. The van der Waals surface area contributed by atoms with Gasteiger partial charge in [-0.15, -0.1) is 0 Å². The number of ether oxygens (including phenoxy) is 2. The molecule has 13 atom stereocenters. The third kappa shape index (κ3) is 4.10. The Balaban J connectivity index is 1.30. The second-order valence-electron chi connectivity index (χ2n) is 12.9. The average molecular weight is 527 g/mol. The van der Waals surface area contributed by atoms with Crippen molar-refractivity contribution in [3.05, 3.63) is 0 Å². The van der Waals surface area contributed by atoms with Gasteiger partial charge in [0.1, 0.15) is 24.1 Å². The van der Waals surface area contributed by atoms with Crippen LogP contribution in [-0.2, 0) is 19.1 Å². The van der Waals surface area contributed by atoms with Crippen LogP contribution in [-0.4, -0.2) is 91.4 Å². The van der Waals surface area contributed by atoms with Crippen LogP contribution in [0.25, 0.3) is 0 Å². The molecule has 10 nitrogen and oxygen atoms in total. The highest BCUT2D eigenvalue weighted by molar-refractivity contribution is 5.84. The minimum absolute atomic E-state index is 0.0911. The van der Waals surface area contributed by atoms with Crippen molar-refractivity contribution in [2.75, 3.05) is 6.61 Å². The Morgan fingerprint density at radius 3 is 2.46 bits per heavy atom. The van der Waals surface area contributed by atoms with Gasteiger partial charge >= 0.3 is 5.97 Å². The van der Waals surface area contributed by atoms with E-state index in [1.807, 2.05) is 6.92 Å². The minimum Gasteiger partial charge on any atom is -0.479 e. The standard InChI is InChI=1S/C27H42O10/c1-25-7-5-14(36-24-21(32)19(30)20(31)22(37-24)23(33)34)11-13(25)3-4-15-16-6-8-27(35,9-10-28)26(16,2)12-17(29)18(15)25/h13-16,18-22,24,28,30-32,35H,3-12H2,1-2H3,(H,33,34)/t13-,14-,15+,16+,18-,19+,20+,21-,22+,24-,25+,26+,27+/m1/s1. The maximum Gasteiger partial charge on any atom is 0.335 e. The van der Waals surface area contributed by atoms with E-state index in [0.717, 1.165) is 25.7 Å². The van der Waals surface area contributed by atoms with Gasteiger partial charge in [-0.25, -0.2) is 4.79 Å². The third-order valence-corrected chi connectivity index (χ3v) is 11.3. The molecule has 5 aliphatic rings. The van der Waals surface area contributed by atoms with Crippen LogP contribution in [0.2, 0.25) is 0 Å². The normalized spacial score (nSPS) is 53.8. The quantitative estimate of drug-likeness (QED) is 0.278. The zero-order valence-corrected chi connectivity index (χ0v) is 21.7. The highest BCUT2D eigenvalue weighted by Gasteiger charge is 2.67. The molecule has 6 N–H and O–H groups in total. The van der Waals surface area contributed by atoms with E-state index in [-0.39, 0.29) is 47.6 Å². The number of fused-ring (bicyclic) bond motifs is 5. The molecular weight excluding hydrogens is 484 g/mol. The Morgan fingerprint density at radius 1 is 1.05 bits per heavy atom. The first-order valence-electron chi connectivity index (χ1n) is 13.8. The van der Waals surface area contributed by atoms with Crippen molar-refractivity contribution in [1.82, 2.24) is 0 Å². The lowest BCUT2D eigenvalue weighted by Crippen LogP contribution is -2.62. The molecule has 10 heteroatoms. The number of carbonyl (C=O) groups is 2. The summed E-state index contributed by atoms with van der Waals surface area (Å²) < 4.78 is 11.3.